The predicted octanol–water partition coefficient (Wildman–Crippen LogP) is 4.32. The Balaban J connectivity index is 1.90. The number of carboxylic acid groups (broad SMARTS) is 1. The molecular formula is C17H26O4Si. The molecule has 1 fully saturated rings. The largest absolute Gasteiger partial charge is 0.489 e. The molecule has 1 saturated carbocycles. The van der Waals surface area contributed by atoms with Crippen LogP contribution in [-0.4, -0.2) is 31.6 Å². The number of hydrogen-bond donors (Lipinski definition) is 1. The molecule has 22 heavy (non-hydrogen) atoms. The zero-order valence-electron chi connectivity index (χ0n) is 14.1. The van der Waals surface area contributed by atoms with Gasteiger partial charge in [0.15, 0.2) is 8.32 Å². The van der Waals surface area contributed by atoms with Gasteiger partial charge in [-0.1, -0.05) is 32.9 Å². The topological polar surface area (TPSA) is 55.8 Å². The van der Waals surface area contributed by atoms with Gasteiger partial charge in [-0.15, -0.1) is 0 Å². The van der Waals surface area contributed by atoms with Gasteiger partial charge < -0.3 is 14.3 Å². The average Bonchev–Trinajstić information content (AvgIpc) is 2.35. The third-order valence-corrected chi connectivity index (χ3v) is 9.27. The molecular weight excluding hydrogens is 296 g/mol. The fourth-order valence-electron chi connectivity index (χ4n) is 2.23. The van der Waals surface area contributed by atoms with E-state index in [4.69, 9.17) is 14.3 Å². The summed E-state index contributed by atoms with van der Waals surface area (Å²) in [6.07, 6.45) is 1.96. The Morgan fingerprint density at radius 2 is 1.77 bits per heavy atom. The first kappa shape index (κ1) is 17.0. The Kier molecular flexibility index (Phi) is 4.68. The highest BCUT2D eigenvalue weighted by atomic mass is 28.4. The van der Waals surface area contributed by atoms with Crippen LogP contribution in [0.1, 0.15) is 44.0 Å². The molecule has 0 radical (unpaired) electrons. The summed E-state index contributed by atoms with van der Waals surface area (Å²) in [6, 6.07) is 6.79. The molecule has 0 heterocycles. The maximum atomic E-state index is 11.2. The molecule has 0 aliphatic heterocycles. The van der Waals surface area contributed by atoms with Crippen molar-refractivity contribution >= 4 is 14.3 Å². The Morgan fingerprint density at radius 1 is 1.18 bits per heavy atom. The van der Waals surface area contributed by atoms with Crippen LogP contribution in [-0.2, 0) is 4.43 Å². The molecule has 1 aromatic rings. The molecule has 0 bridgehead atoms. The summed E-state index contributed by atoms with van der Waals surface area (Å²) in [5.41, 5.74) is 0.219. The van der Waals surface area contributed by atoms with Crippen LogP contribution in [0, 0.1) is 0 Å². The van der Waals surface area contributed by atoms with Gasteiger partial charge in [-0.25, -0.2) is 4.79 Å². The van der Waals surface area contributed by atoms with Crippen LogP contribution in [0.5, 0.6) is 5.75 Å². The first-order chi connectivity index (χ1) is 10.1. The van der Waals surface area contributed by atoms with Crippen molar-refractivity contribution in [2.24, 2.45) is 0 Å². The van der Waals surface area contributed by atoms with Crippen LogP contribution in [0.3, 0.4) is 0 Å². The van der Waals surface area contributed by atoms with E-state index in [0.717, 1.165) is 12.8 Å². The summed E-state index contributed by atoms with van der Waals surface area (Å²) in [5, 5.41) is 9.37. The summed E-state index contributed by atoms with van der Waals surface area (Å²) in [4.78, 5) is 11.2. The zero-order chi connectivity index (χ0) is 16.5. The number of para-hydroxylation sites is 1. The minimum atomic E-state index is -1.74. The second-order valence-corrected chi connectivity index (χ2v) is 12.3. The average molecular weight is 322 g/mol. The van der Waals surface area contributed by atoms with Crippen molar-refractivity contribution in [1.82, 2.24) is 0 Å². The van der Waals surface area contributed by atoms with Gasteiger partial charge in [-0.05, 0) is 30.3 Å². The van der Waals surface area contributed by atoms with E-state index in [-0.39, 0.29) is 22.8 Å². The van der Waals surface area contributed by atoms with E-state index in [0.29, 0.717) is 5.75 Å². The van der Waals surface area contributed by atoms with Crippen molar-refractivity contribution < 1.29 is 19.1 Å². The molecule has 0 unspecified atom stereocenters. The molecule has 0 aromatic heterocycles. The van der Waals surface area contributed by atoms with Crippen molar-refractivity contribution in [3.8, 4) is 5.75 Å². The number of carboxylic acids is 1. The van der Waals surface area contributed by atoms with E-state index in [1.54, 1.807) is 24.3 Å². The molecule has 0 spiro atoms. The SMILES string of the molecule is CC(C)(C)[Si](C)(C)OC1CC(Oc2ccccc2C(=O)O)C1. The Morgan fingerprint density at radius 3 is 2.32 bits per heavy atom. The van der Waals surface area contributed by atoms with E-state index in [1.165, 1.54) is 0 Å². The van der Waals surface area contributed by atoms with Gasteiger partial charge >= 0.3 is 5.97 Å². The van der Waals surface area contributed by atoms with Crippen LogP contribution in [0.2, 0.25) is 18.1 Å². The Labute approximate surface area is 133 Å². The second-order valence-electron chi connectivity index (χ2n) is 7.51. The van der Waals surface area contributed by atoms with Gasteiger partial charge in [0.05, 0.1) is 6.10 Å². The monoisotopic (exact) mass is 322 g/mol. The van der Waals surface area contributed by atoms with Crippen LogP contribution < -0.4 is 4.74 Å². The fourth-order valence-corrected chi connectivity index (χ4v) is 3.61. The van der Waals surface area contributed by atoms with Gasteiger partial charge in [0.25, 0.3) is 0 Å². The molecule has 0 amide bonds. The molecule has 4 nitrogen and oxygen atoms in total. The highest BCUT2D eigenvalue weighted by Gasteiger charge is 2.43. The lowest BCUT2D eigenvalue weighted by molar-refractivity contribution is -0.00365. The molecule has 1 aromatic carbocycles. The smallest absolute Gasteiger partial charge is 0.339 e. The number of benzene rings is 1. The summed E-state index contributed by atoms with van der Waals surface area (Å²) < 4.78 is 12.2. The first-order valence-electron chi connectivity index (χ1n) is 7.77. The van der Waals surface area contributed by atoms with Crippen LogP contribution >= 0.6 is 0 Å². The van der Waals surface area contributed by atoms with Gasteiger partial charge in [0, 0.05) is 12.8 Å². The molecule has 5 heteroatoms. The van der Waals surface area contributed by atoms with Gasteiger partial charge in [0.2, 0.25) is 0 Å². The molecule has 1 N–H and O–H groups in total. The minimum Gasteiger partial charge on any atom is -0.489 e. The van der Waals surface area contributed by atoms with E-state index in [9.17, 15) is 4.79 Å². The summed E-state index contributed by atoms with van der Waals surface area (Å²) in [5.74, 6) is -0.505. The van der Waals surface area contributed by atoms with Crippen LogP contribution in [0.15, 0.2) is 24.3 Å². The van der Waals surface area contributed by atoms with Crippen molar-refractivity contribution in [1.29, 1.82) is 0 Å². The molecule has 0 atom stereocenters. The second kappa shape index (κ2) is 6.05. The van der Waals surface area contributed by atoms with Crippen molar-refractivity contribution in [2.45, 2.75) is 64.0 Å². The first-order valence-corrected chi connectivity index (χ1v) is 10.7. The number of rotatable bonds is 5. The molecule has 1 aliphatic carbocycles. The highest BCUT2D eigenvalue weighted by Crippen LogP contribution is 2.40. The number of ether oxygens (including phenoxy) is 1. The van der Waals surface area contributed by atoms with E-state index in [1.807, 2.05) is 0 Å². The van der Waals surface area contributed by atoms with Crippen molar-refractivity contribution in [3.63, 3.8) is 0 Å². The van der Waals surface area contributed by atoms with E-state index < -0.39 is 14.3 Å². The standard InChI is InChI=1S/C17H26O4Si/c1-17(2,3)22(4,5)21-13-10-12(11-13)20-15-9-7-6-8-14(15)16(18)19/h6-9,12-13H,10-11H2,1-5H3,(H,18,19). The summed E-state index contributed by atoms with van der Waals surface area (Å²) in [6.45, 7) is 11.2. The van der Waals surface area contributed by atoms with Crippen LogP contribution in [0.4, 0.5) is 0 Å². The van der Waals surface area contributed by atoms with Crippen LogP contribution in [0.25, 0.3) is 0 Å². The van der Waals surface area contributed by atoms with Crippen molar-refractivity contribution in [2.75, 3.05) is 0 Å². The third kappa shape index (κ3) is 3.70. The van der Waals surface area contributed by atoms with Gasteiger partial charge in [-0.2, -0.15) is 0 Å². The maximum absolute atomic E-state index is 11.2. The zero-order valence-corrected chi connectivity index (χ0v) is 15.1. The number of hydrogen-bond acceptors (Lipinski definition) is 3. The summed E-state index contributed by atoms with van der Waals surface area (Å²) >= 11 is 0. The molecule has 0 saturated heterocycles. The minimum absolute atomic E-state index is 0.0512. The quantitative estimate of drug-likeness (QED) is 0.820. The third-order valence-electron chi connectivity index (χ3n) is 4.73. The lowest BCUT2D eigenvalue weighted by Crippen LogP contribution is -2.50. The lowest BCUT2D eigenvalue weighted by Gasteiger charge is -2.44. The predicted molar refractivity (Wildman–Crippen MR) is 89.1 cm³/mol. The number of aromatic carboxylic acids is 1. The number of carbonyl (C=O) groups is 1. The van der Waals surface area contributed by atoms with Gasteiger partial charge in [-0.3, -0.25) is 0 Å². The highest BCUT2D eigenvalue weighted by molar-refractivity contribution is 6.74. The van der Waals surface area contributed by atoms with E-state index >= 15 is 0 Å². The molecule has 2 rings (SSSR count). The Hall–Kier alpha value is -1.33. The molecule has 1 aliphatic rings. The summed E-state index contributed by atoms with van der Waals surface area (Å²) in [7, 11) is -1.74. The Bertz CT molecular complexity index is 542. The fraction of sp³-hybridized carbons (Fsp3) is 0.588. The van der Waals surface area contributed by atoms with Crippen molar-refractivity contribution in [3.05, 3.63) is 29.8 Å². The van der Waals surface area contributed by atoms with Gasteiger partial charge in [0.1, 0.15) is 17.4 Å². The molecule has 122 valence electrons. The normalized spacial score (nSPS) is 22.0. The van der Waals surface area contributed by atoms with E-state index in [2.05, 4.69) is 33.9 Å². The maximum Gasteiger partial charge on any atom is 0.339 e. The lowest BCUT2D eigenvalue weighted by atomic mass is 9.92.